The van der Waals surface area contributed by atoms with Gasteiger partial charge in [0.2, 0.25) is 0 Å². The van der Waals surface area contributed by atoms with Crippen molar-refractivity contribution in [3.63, 3.8) is 0 Å². The van der Waals surface area contributed by atoms with Gasteiger partial charge in [0, 0.05) is 0 Å². The van der Waals surface area contributed by atoms with Gasteiger partial charge in [0.05, 0.1) is 23.3 Å². The summed E-state index contributed by atoms with van der Waals surface area (Å²) < 4.78 is 70.6. The van der Waals surface area contributed by atoms with E-state index in [2.05, 4.69) is 4.72 Å². The molecule has 0 fully saturated rings. The van der Waals surface area contributed by atoms with Gasteiger partial charge in [0.25, 0.3) is 10.0 Å². The minimum Gasteiger partial charge on any atom is -0.495 e. The number of benzene rings is 2. The summed E-state index contributed by atoms with van der Waals surface area (Å²) in [5.74, 6) is -0.000761. The van der Waals surface area contributed by atoms with Gasteiger partial charge in [0.15, 0.2) is 0 Å². The molecule has 0 spiro atoms. The highest BCUT2D eigenvalue weighted by Crippen LogP contribution is 2.35. The SMILES string of the molecule is CCCc1ccc(S(=O)(=O)Nc2cc(C(F)(F)F)ccc2OC)cc1. The van der Waals surface area contributed by atoms with E-state index in [1.54, 1.807) is 12.1 Å². The third-order valence-corrected chi connectivity index (χ3v) is 4.92. The number of anilines is 1. The number of methoxy groups -OCH3 is 1. The van der Waals surface area contributed by atoms with Gasteiger partial charge in [-0.25, -0.2) is 8.42 Å². The predicted octanol–water partition coefficient (Wildman–Crippen LogP) is 4.47. The van der Waals surface area contributed by atoms with Crippen LogP contribution in [-0.2, 0) is 22.6 Å². The number of hydrogen-bond acceptors (Lipinski definition) is 3. The average Bonchev–Trinajstić information content (AvgIpc) is 2.54. The Morgan fingerprint density at radius 2 is 1.72 bits per heavy atom. The summed E-state index contributed by atoms with van der Waals surface area (Å²) in [4.78, 5) is -0.0354. The standard InChI is InChI=1S/C17H18F3NO3S/c1-3-4-12-5-8-14(9-6-12)25(22,23)21-15-11-13(17(18,19)20)7-10-16(15)24-2/h5-11,21H,3-4H2,1-2H3. The third kappa shape index (κ3) is 4.66. The van der Waals surface area contributed by atoms with Crippen molar-refractivity contribution in [2.75, 3.05) is 11.8 Å². The molecule has 136 valence electrons. The number of aryl methyl sites for hydroxylation is 1. The number of alkyl halides is 3. The van der Waals surface area contributed by atoms with Crippen LogP contribution < -0.4 is 9.46 Å². The summed E-state index contributed by atoms with van der Waals surface area (Å²) in [6.07, 6.45) is -2.85. The summed E-state index contributed by atoms with van der Waals surface area (Å²) in [6.45, 7) is 2.01. The van der Waals surface area contributed by atoms with Crippen LogP contribution in [0.5, 0.6) is 5.75 Å². The lowest BCUT2D eigenvalue weighted by molar-refractivity contribution is -0.137. The van der Waals surface area contributed by atoms with Gasteiger partial charge in [-0.2, -0.15) is 13.2 Å². The Labute approximate surface area is 144 Å². The molecule has 1 N–H and O–H groups in total. The van der Waals surface area contributed by atoms with Gasteiger partial charge < -0.3 is 4.74 Å². The minimum atomic E-state index is -4.59. The second-order valence-corrected chi connectivity index (χ2v) is 7.09. The van der Waals surface area contributed by atoms with E-state index in [0.717, 1.165) is 30.5 Å². The smallest absolute Gasteiger partial charge is 0.416 e. The minimum absolute atomic E-state index is 0.000761. The third-order valence-electron chi connectivity index (χ3n) is 3.54. The molecular formula is C17H18F3NO3S. The van der Waals surface area contributed by atoms with Crippen LogP contribution in [0.4, 0.5) is 18.9 Å². The lowest BCUT2D eigenvalue weighted by atomic mass is 10.1. The lowest BCUT2D eigenvalue weighted by Gasteiger charge is -2.15. The average molecular weight is 373 g/mol. The fraction of sp³-hybridized carbons (Fsp3) is 0.294. The fourth-order valence-electron chi connectivity index (χ4n) is 2.29. The quantitative estimate of drug-likeness (QED) is 0.813. The molecule has 0 aromatic heterocycles. The number of nitrogens with one attached hydrogen (secondary N) is 1. The molecule has 2 aromatic carbocycles. The molecule has 4 nitrogen and oxygen atoms in total. The van der Waals surface area contributed by atoms with Crippen LogP contribution in [0.25, 0.3) is 0 Å². The van der Waals surface area contributed by atoms with Crippen molar-refractivity contribution in [2.24, 2.45) is 0 Å². The summed E-state index contributed by atoms with van der Waals surface area (Å²) >= 11 is 0. The molecule has 0 saturated heterocycles. The summed E-state index contributed by atoms with van der Waals surface area (Å²) in [7, 11) is -2.79. The van der Waals surface area contributed by atoms with E-state index < -0.39 is 21.8 Å². The topological polar surface area (TPSA) is 55.4 Å². The first-order chi connectivity index (χ1) is 11.7. The van der Waals surface area contributed by atoms with Crippen molar-refractivity contribution in [3.8, 4) is 5.75 Å². The Kier molecular flexibility index (Phi) is 5.62. The largest absolute Gasteiger partial charge is 0.495 e. The molecule has 2 rings (SSSR count). The summed E-state index contributed by atoms with van der Waals surface area (Å²) in [6, 6.07) is 8.83. The molecule has 0 bridgehead atoms. The number of halogens is 3. The van der Waals surface area contributed by atoms with Gasteiger partial charge in [-0.1, -0.05) is 25.5 Å². The summed E-state index contributed by atoms with van der Waals surface area (Å²) in [5.41, 5.74) is -0.252. The van der Waals surface area contributed by atoms with Crippen LogP contribution >= 0.6 is 0 Å². The number of sulfonamides is 1. The van der Waals surface area contributed by atoms with Crippen LogP contribution in [0.3, 0.4) is 0 Å². The zero-order valence-corrected chi connectivity index (χ0v) is 14.5. The predicted molar refractivity (Wildman–Crippen MR) is 89.2 cm³/mol. The summed E-state index contributed by atoms with van der Waals surface area (Å²) in [5, 5.41) is 0. The highest BCUT2D eigenvalue weighted by atomic mass is 32.2. The molecule has 0 aliphatic carbocycles. The monoisotopic (exact) mass is 373 g/mol. The lowest BCUT2D eigenvalue weighted by Crippen LogP contribution is -2.15. The van der Waals surface area contributed by atoms with Gasteiger partial charge >= 0.3 is 6.18 Å². The zero-order valence-electron chi connectivity index (χ0n) is 13.7. The molecule has 0 amide bonds. The maximum Gasteiger partial charge on any atom is 0.416 e. The molecule has 25 heavy (non-hydrogen) atoms. The van der Waals surface area contributed by atoms with Crippen molar-refractivity contribution in [2.45, 2.75) is 30.8 Å². The molecule has 0 saturated carbocycles. The van der Waals surface area contributed by atoms with E-state index in [4.69, 9.17) is 4.74 Å². The Balaban J connectivity index is 2.36. The van der Waals surface area contributed by atoms with Gasteiger partial charge in [-0.15, -0.1) is 0 Å². The zero-order chi connectivity index (χ0) is 18.7. The number of hydrogen-bond donors (Lipinski definition) is 1. The van der Waals surface area contributed by atoms with Crippen LogP contribution in [-0.4, -0.2) is 15.5 Å². The van der Waals surface area contributed by atoms with Crippen LogP contribution in [0.1, 0.15) is 24.5 Å². The Bertz CT molecular complexity index is 831. The number of ether oxygens (including phenoxy) is 1. The van der Waals surface area contributed by atoms with Crippen LogP contribution in [0, 0.1) is 0 Å². The van der Waals surface area contributed by atoms with Crippen molar-refractivity contribution in [3.05, 3.63) is 53.6 Å². The van der Waals surface area contributed by atoms with Gasteiger partial charge in [0.1, 0.15) is 5.75 Å². The van der Waals surface area contributed by atoms with Gasteiger partial charge in [-0.05, 0) is 42.3 Å². The first kappa shape index (κ1) is 19.1. The first-order valence-corrected chi connectivity index (χ1v) is 9.02. The van der Waals surface area contributed by atoms with E-state index in [1.807, 2.05) is 6.92 Å². The van der Waals surface area contributed by atoms with Crippen LogP contribution in [0.2, 0.25) is 0 Å². The van der Waals surface area contributed by atoms with Crippen molar-refractivity contribution >= 4 is 15.7 Å². The van der Waals surface area contributed by atoms with E-state index in [0.29, 0.717) is 6.07 Å². The molecule has 0 radical (unpaired) electrons. The molecule has 0 aliphatic heterocycles. The Morgan fingerprint density at radius 1 is 1.08 bits per heavy atom. The van der Waals surface area contributed by atoms with Gasteiger partial charge in [-0.3, -0.25) is 4.72 Å². The van der Waals surface area contributed by atoms with E-state index in [1.165, 1.54) is 19.2 Å². The maximum absolute atomic E-state index is 12.9. The van der Waals surface area contributed by atoms with E-state index in [-0.39, 0.29) is 16.3 Å². The maximum atomic E-state index is 12.9. The molecule has 2 aromatic rings. The van der Waals surface area contributed by atoms with Crippen molar-refractivity contribution in [1.82, 2.24) is 0 Å². The second kappa shape index (κ2) is 7.35. The van der Waals surface area contributed by atoms with Crippen molar-refractivity contribution in [1.29, 1.82) is 0 Å². The highest BCUT2D eigenvalue weighted by molar-refractivity contribution is 7.92. The second-order valence-electron chi connectivity index (χ2n) is 5.41. The highest BCUT2D eigenvalue weighted by Gasteiger charge is 2.31. The molecule has 8 heteroatoms. The fourth-order valence-corrected chi connectivity index (χ4v) is 3.35. The molecule has 0 heterocycles. The number of rotatable bonds is 6. The molecule has 0 unspecified atom stereocenters. The van der Waals surface area contributed by atoms with Crippen molar-refractivity contribution < 1.29 is 26.3 Å². The first-order valence-electron chi connectivity index (χ1n) is 7.54. The Hall–Kier alpha value is -2.22. The van der Waals surface area contributed by atoms with Crippen LogP contribution in [0.15, 0.2) is 47.4 Å². The molecule has 0 aliphatic rings. The normalized spacial score (nSPS) is 12.0. The Morgan fingerprint density at radius 3 is 2.24 bits per heavy atom. The van der Waals surface area contributed by atoms with E-state index in [9.17, 15) is 21.6 Å². The molecule has 0 atom stereocenters. The molecular weight excluding hydrogens is 355 g/mol. The van der Waals surface area contributed by atoms with E-state index >= 15 is 0 Å².